The van der Waals surface area contributed by atoms with Gasteiger partial charge in [0.25, 0.3) is 11.8 Å². The Hall–Kier alpha value is -2.95. The van der Waals surface area contributed by atoms with Crippen LogP contribution in [0.4, 0.5) is 10.1 Å². The van der Waals surface area contributed by atoms with Crippen molar-refractivity contribution in [3.63, 3.8) is 0 Å². The third-order valence-electron chi connectivity index (χ3n) is 4.63. The Bertz CT molecular complexity index is 853. The first-order valence-electron chi connectivity index (χ1n) is 8.36. The molecule has 2 aliphatic rings. The van der Waals surface area contributed by atoms with E-state index in [4.69, 9.17) is 0 Å². The van der Waals surface area contributed by atoms with Gasteiger partial charge < -0.3 is 4.90 Å². The number of carbonyl (C=O) groups excluding carboxylic acids is 2. The molecule has 1 saturated heterocycles. The van der Waals surface area contributed by atoms with Gasteiger partial charge in [-0.05, 0) is 42.7 Å². The van der Waals surface area contributed by atoms with Crippen molar-refractivity contribution in [3.8, 4) is 0 Å². The lowest BCUT2D eigenvalue weighted by molar-refractivity contribution is -0.120. The van der Waals surface area contributed by atoms with Gasteiger partial charge in [-0.3, -0.25) is 9.59 Å². The fourth-order valence-corrected chi connectivity index (χ4v) is 3.44. The molecule has 0 atom stereocenters. The number of nitrogens with zero attached hydrogens (tertiary/aromatic N) is 2. The molecule has 2 aromatic rings. The van der Waals surface area contributed by atoms with E-state index < -0.39 is 0 Å². The molecule has 0 radical (unpaired) electrons. The highest BCUT2D eigenvalue weighted by Crippen LogP contribution is 2.35. The van der Waals surface area contributed by atoms with Crippen molar-refractivity contribution >= 4 is 23.1 Å². The Labute approximate surface area is 145 Å². The van der Waals surface area contributed by atoms with Gasteiger partial charge in [-0.1, -0.05) is 30.3 Å². The lowest BCUT2D eigenvalue weighted by Crippen LogP contribution is -2.34. The lowest BCUT2D eigenvalue weighted by atomic mass is 10.0. The van der Waals surface area contributed by atoms with Crippen molar-refractivity contribution in [1.82, 2.24) is 4.90 Å². The number of hydrogen-bond acceptors (Lipinski definition) is 3. The van der Waals surface area contributed by atoms with Crippen LogP contribution in [-0.2, 0) is 9.59 Å². The zero-order chi connectivity index (χ0) is 17.4. The number of rotatable bonds is 3. The Kier molecular flexibility index (Phi) is 3.84. The number of para-hydroxylation sites is 1. The summed E-state index contributed by atoms with van der Waals surface area (Å²) < 4.78 is 13.3. The summed E-state index contributed by atoms with van der Waals surface area (Å²) in [6.45, 7) is 1.50. The normalized spacial score (nSPS) is 17.8. The fourth-order valence-electron chi connectivity index (χ4n) is 3.44. The molecule has 126 valence electrons. The summed E-state index contributed by atoms with van der Waals surface area (Å²) in [5.41, 5.74) is 1.90. The first-order chi connectivity index (χ1) is 12.2. The van der Waals surface area contributed by atoms with E-state index in [2.05, 4.69) is 0 Å². The van der Waals surface area contributed by atoms with E-state index in [0.29, 0.717) is 22.5 Å². The third-order valence-corrected chi connectivity index (χ3v) is 4.63. The standard InChI is InChI=1S/C20H17FN2O2/c21-15-10-8-14(9-11-15)17-18(22-12-4-5-13-22)20(25)23(19(17)24)16-6-2-1-3-7-16/h1-3,6-11H,4-5,12-13H2. The van der Waals surface area contributed by atoms with Gasteiger partial charge in [0.2, 0.25) is 0 Å². The molecule has 0 aliphatic carbocycles. The predicted molar refractivity (Wildman–Crippen MR) is 93.1 cm³/mol. The van der Waals surface area contributed by atoms with Gasteiger partial charge in [0.1, 0.15) is 11.5 Å². The summed E-state index contributed by atoms with van der Waals surface area (Å²) in [6, 6.07) is 14.6. The molecular weight excluding hydrogens is 319 g/mol. The largest absolute Gasteiger partial charge is 0.366 e. The van der Waals surface area contributed by atoms with Crippen LogP contribution in [0.15, 0.2) is 60.3 Å². The first kappa shape index (κ1) is 15.6. The lowest BCUT2D eigenvalue weighted by Gasteiger charge is -2.20. The summed E-state index contributed by atoms with van der Waals surface area (Å²) in [6.07, 6.45) is 1.99. The Morgan fingerprint density at radius 1 is 0.800 bits per heavy atom. The molecule has 2 heterocycles. The van der Waals surface area contributed by atoms with E-state index in [1.807, 2.05) is 11.0 Å². The summed E-state index contributed by atoms with van der Waals surface area (Å²) in [5.74, 6) is -1.04. The third kappa shape index (κ3) is 2.61. The quantitative estimate of drug-likeness (QED) is 0.808. The molecule has 25 heavy (non-hydrogen) atoms. The number of imide groups is 1. The minimum Gasteiger partial charge on any atom is -0.366 e. The number of halogens is 1. The topological polar surface area (TPSA) is 40.6 Å². The molecule has 0 saturated carbocycles. The molecule has 0 spiro atoms. The molecule has 2 aromatic carbocycles. The molecule has 4 rings (SSSR count). The van der Waals surface area contributed by atoms with Gasteiger partial charge >= 0.3 is 0 Å². The van der Waals surface area contributed by atoms with Crippen molar-refractivity contribution in [2.24, 2.45) is 0 Å². The average molecular weight is 336 g/mol. The van der Waals surface area contributed by atoms with Crippen LogP contribution in [0.25, 0.3) is 5.57 Å². The molecule has 1 fully saturated rings. The van der Waals surface area contributed by atoms with E-state index in [1.54, 1.807) is 36.4 Å². The second-order valence-electron chi connectivity index (χ2n) is 6.21. The van der Waals surface area contributed by atoms with Crippen molar-refractivity contribution in [2.45, 2.75) is 12.8 Å². The van der Waals surface area contributed by atoms with Gasteiger partial charge in [-0.15, -0.1) is 0 Å². The minimum absolute atomic E-state index is 0.308. The van der Waals surface area contributed by atoms with Crippen LogP contribution >= 0.6 is 0 Å². The van der Waals surface area contributed by atoms with Crippen LogP contribution in [0.5, 0.6) is 0 Å². The molecule has 0 unspecified atom stereocenters. The van der Waals surface area contributed by atoms with Crippen LogP contribution in [0, 0.1) is 5.82 Å². The number of amides is 2. The second kappa shape index (κ2) is 6.16. The number of benzene rings is 2. The monoisotopic (exact) mass is 336 g/mol. The first-order valence-corrected chi connectivity index (χ1v) is 8.36. The molecule has 0 bridgehead atoms. The molecule has 2 aliphatic heterocycles. The van der Waals surface area contributed by atoms with E-state index in [9.17, 15) is 14.0 Å². The molecule has 0 N–H and O–H groups in total. The molecule has 0 aromatic heterocycles. The Morgan fingerprint density at radius 3 is 2.08 bits per heavy atom. The van der Waals surface area contributed by atoms with Gasteiger partial charge in [0.15, 0.2) is 0 Å². The highest BCUT2D eigenvalue weighted by molar-refractivity contribution is 6.45. The highest BCUT2D eigenvalue weighted by Gasteiger charge is 2.42. The summed E-state index contributed by atoms with van der Waals surface area (Å²) in [4.78, 5) is 29.4. The molecule has 2 amide bonds. The smallest absolute Gasteiger partial charge is 0.282 e. The van der Waals surface area contributed by atoms with Gasteiger partial charge in [-0.25, -0.2) is 9.29 Å². The summed E-state index contributed by atoms with van der Waals surface area (Å²) in [5, 5.41) is 0. The van der Waals surface area contributed by atoms with Crippen LogP contribution in [0.3, 0.4) is 0 Å². The van der Waals surface area contributed by atoms with Crippen LogP contribution in [-0.4, -0.2) is 29.8 Å². The zero-order valence-electron chi connectivity index (χ0n) is 13.6. The molecule has 5 heteroatoms. The van der Waals surface area contributed by atoms with Gasteiger partial charge in [0, 0.05) is 13.1 Å². The molecule has 4 nitrogen and oxygen atoms in total. The fraction of sp³-hybridized carbons (Fsp3) is 0.200. The zero-order valence-corrected chi connectivity index (χ0v) is 13.6. The Balaban J connectivity index is 1.84. The predicted octanol–water partition coefficient (Wildman–Crippen LogP) is 3.21. The summed E-state index contributed by atoms with van der Waals surface area (Å²) in [7, 11) is 0. The van der Waals surface area contributed by atoms with Crippen LogP contribution < -0.4 is 4.90 Å². The van der Waals surface area contributed by atoms with Crippen molar-refractivity contribution in [2.75, 3.05) is 18.0 Å². The number of hydrogen-bond donors (Lipinski definition) is 0. The SMILES string of the molecule is O=C1C(c2ccc(F)cc2)=C(N2CCCC2)C(=O)N1c1ccccc1. The van der Waals surface area contributed by atoms with Gasteiger partial charge in [0.05, 0.1) is 11.3 Å². The number of likely N-dealkylation sites (tertiary alicyclic amines) is 1. The van der Waals surface area contributed by atoms with E-state index >= 15 is 0 Å². The Morgan fingerprint density at radius 2 is 1.44 bits per heavy atom. The maximum Gasteiger partial charge on any atom is 0.282 e. The van der Waals surface area contributed by atoms with Gasteiger partial charge in [-0.2, -0.15) is 0 Å². The van der Waals surface area contributed by atoms with Crippen molar-refractivity contribution < 1.29 is 14.0 Å². The molecular formula is C20H17FN2O2. The highest BCUT2D eigenvalue weighted by atomic mass is 19.1. The van der Waals surface area contributed by atoms with E-state index in [-0.39, 0.29) is 17.6 Å². The maximum atomic E-state index is 13.3. The van der Waals surface area contributed by atoms with E-state index in [0.717, 1.165) is 25.9 Å². The van der Waals surface area contributed by atoms with E-state index in [1.165, 1.54) is 17.0 Å². The maximum absolute atomic E-state index is 13.3. The second-order valence-corrected chi connectivity index (χ2v) is 6.21. The van der Waals surface area contributed by atoms with Crippen molar-refractivity contribution in [1.29, 1.82) is 0 Å². The van der Waals surface area contributed by atoms with Crippen LogP contribution in [0.2, 0.25) is 0 Å². The summed E-state index contributed by atoms with van der Waals surface area (Å²) >= 11 is 0. The average Bonchev–Trinajstić information content (AvgIpc) is 3.23. The van der Waals surface area contributed by atoms with Crippen molar-refractivity contribution in [3.05, 3.63) is 71.7 Å². The number of anilines is 1. The van der Waals surface area contributed by atoms with Crippen LogP contribution in [0.1, 0.15) is 18.4 Å². The minimum atomic E-state index is -0.372. The number of carbonyl (C=O) groups is 2.